The number of rotatable bonds is 5. The summed E-state index contributed by atoms with van der Waals surface area (Å²) in [5.41, 5.74) is 6.72. The molecular formula is C28H31N3O2. The van der Waals surface area contributed by atoms with Gasteiger partial charge < -0.3 is 19.2 Å². The van der Waals surface area contributed by atoms with E-state index in [-0.39, 0.29) is 5.91 Å². The van der Waals surface area contributed by atoms with E-state index < -0.39 is 0 Å². The Balaban J connectivity index is 1.30. The SMILES string of the molecule is COc1ccc2[nH]cc(C3CCN(C(=O)c4cc(C)n(Cc5ccccc5)c4C)CC3)c2c1. The van der Waals surface area contributed by atoms with Gasteiger partial charge in [-0.05, 0) is 68.0 Å². The average Bonchev–Trinajstić information content (AvgIpc) is 3.40. The van der Waals surface area contributed by atoms with E-state index in [4.69, 9.17) is 4.74 Å². The molecule has 3 heterocycles. The van der Waals surface area contributed by atoms with Crippen molar-refractivity contribution in [3.8, 4) is 5.75 Å². The van der Waals surface area contributed by atoms with Crippen molar-refractivity contribution in [2.45, 2.75) is 39.2 Å². The molecule has 0 spiro atoms. The van der Waals surface area contributed by atoms with Gasteiger partial charge in [0.1, 0.15) is 5.75 Å². The number of benzene rings is 2. The Hall–Kier alpha value is -3.47. The lowest BCUT2D eigenvalue weighted by molar-refractivity contribution is 0.0712. The summed E-state index contributed by atoms with van der Waals surface area (Å²) in [4.78, 5) is 18.8. The summed E-state index contributed by atoms with van der Waals surface area (Å²) in [5.74, 6) is 1.48. The maximum absolute atomic E-state index is 13.4. The van der Waals surface area contributed by atoms with Crippen molar-refractivity contribution < 1.29 is 9.53 Å². The zero-order valence-corrected chi connectivity index (χ0v) is 19.6. The van der Waals surface area contributed by atoms with Crippen LogP contribution in [-0.4, -0.2) is 40.6 Å². The summed E-state index contributed by atoms with van der Waals surface area (Å²) >= 11 is 0. The van der Waals surface area contributed by atoms with Gasteiger partial charge in [0.25, 0.3) is 5.91 Å². The molecular weight excluding hydrogens is 410 g/mol. The quantitative estimate of drug-likeness (QED) is 0.434. The molecule has 170 valence electrons. The maximum Gasteiger partial charge on any atom is 0.255 e. The molecule has 5 nitrogen and oxygen atoms in total. The summed E-state index contributed by atoms with van der Waals surface area (Å²) in [5, 5.41) is 1.23. The molecule has 0 aliphatic carbocycles. The topological polar surface area (TPSA) is 50.3 Å². The first kappa shape index (κ1) is 21.4. The number of H-pyrrole nitrogens is 1. The van der Waals surface area contributed by atoms with Gasteiger partial charge in [0.05, 0.1) is 12.7 Å². The van der Waals surface area contributed by atoms with Crippen molar-refractivity contribution in [1.82, 2.24) is 14.5 Å². The van der Waals surface area contributed by atoms with Crippen LogP contribution in [0.15, 0.2) is 60.8 Å². The average molecular weight is 442 g/mol. The minimum atomic E-state index is 0.154. The summed E-state index contributed by atoms with van der Waals surface area (Å²) in [6.45, 7) is 6.50. The van der Waals surface area contributed by atoms with Gasteiger partial charge in [-0.1, -0.05) is 30.3 Å². The molecule has 2 aromatic carbocycles. The second kappa shape index (κ2) is 8.81. The molecule has 1 aliphatic rings. The van der Waals surface area contributed by atoms with Crippen LogP contribution in [0.1, 0.15) is 51.6 Å². The number of hydrogen-bond acceptors (Lipinski definition) is 2. The van der Waals surface area contributed by atoms with Crippen LogP contribution in [0.5, 0.6) is 5.75 Å². The van der Waals surface area contributed by atoms with Crippen LogP contribution in [0.3, 0.4) is 0 Å². The zero-order valence-electron chi connectivity index (χ0n) is 19.6. The Kier molecular flexibility index (Phi) is 5.71. The fourth-order valence-electron chi connectivity index (χ4n) is 5.18. The third kappa shape index (κ3) is 4.04. The second-order valence-electron chi connectivity index (χ2n) is 9.08. The van der Waals surface area contributed by atoms with Crippen molar-refractivity contribution >= 4 is 16.8 Å². The highest BCUT2D eigenvalue weighted by molar-refractivity contribution is 5.96. The lowest BCUT2D eigenvalue weighted by atomic mass is 9.89. The zero-order chi connectivity index (χ0) is 22.9. The number of nitrogens with zero attached hydrogens (tertiary/aromatic N) is 2. The molecule has 0 bridgehead atoms. The predicted octanol–water partition coefficient (Wildman–Crippen LogP) is 5.66. The molecule has 1 N–H and O–H groups in total. The van der Waals surface area contributed by atoms with E-state index in [1.54, 1.807) is 7.11 Å². The van der Waals surface area contributed by atoms with E-state index in [0.717, 1.165) is 60.7 Å². The number of nitrogens with one attached hydrogen (secondary N) is 1. The number of methoxy groups -OCH3 is 1. The fraction of sp³-hybridized carbons (Fsp3) is 0.321. The van der Waals surface area contributed by atoms with Gasteiger partial charge >= 0.3 is 0 Å². The van der Waals surface area contributed by atoms with Gasteiger partial charge in [0, 0.05) is 48.1 Å². The van der Waals surface area contributed by atoms with Crippen molar-refractivity contribution in [1.29, 1.82) is 0 Å². The Labute approximate surface area is 195 Å². The highest BCUT2D eigenvalue weighted by Crippen LogP contribution is 2.35. The molecule has 5 rings (SSSR count). The van der Waals surface area contributed by atoms with Crippen molar-refractivity contribution in [3.63, 3.8) is 0 Å². The molecule has 1 amide bonds. The van der Waals surface area contributed by atoms with Gasteiger partial charge in [-0.3, -0.25) is 4.79 Å². The molecule has 1 fully saturated rings. The van der Waals surface area contributed by atoms with E-state index in [9.17, 15) is 4.79 Å². The molecule has 0 radical (unpaired) electrons. The largest absolute Gasteiger partial charge is 0.497 e. The van der Waals surface area contributed by atoms with Crippen LogP contribution in [0.4, 0.5) is 0 Å². The lowest BCUT2D eigenvalue weighted by Gasteiger charge is -2.32. The Morgan fingerprint density at radius 1 is 1.06 bits per heavy atom. The Morgan fingerprint density at radius 3 is 2.55 bits per heavy atom. The second-order valence-corrected chi connectivity index (χ2v) is 9.08. The van der Waals surface area contributed by atoms with E-state index >= 15 is 0 Å². The lowest BCUT2D eigenvalue weighted by Crippen LogP contribution is -2.38. The molecule has 5 heteroatoms. The van der Waals surface area contributed by atoms with Crippen molar-refractivity contribution in [2.75, 3.05) is 20.2 Å². The number of likely N-dealkylation sites (tertiary alicyclic amines) is 1. The first-order valence-electron chi connectivity index (χ1n) is 11.7. The standard InChI is InChI=1S/C28H31N3O2/c1-19-15-24(20(2)31(19)18-21-7-5-4-6-8-21)28(32)30-13-11-22(12-14-30)26-17-29-27-10-9-23(33-3)16-25(26)27/h4-10,15-17,22,29H,11-14,18H2,1-3H3. The number of fused-ring (bicyclic) bond motifs is 1. The highest BCUT2D eigenvalue weighted by atomic mass is 16.5. The molecule has 0 atom stereocenters. The van der Waals surface area contributed by atoms with Crippen LogP contribution in [0.2, 0.25) is 0 Å². The van der Waals surface area contributed by atoms with Gasteiger partial charge in [-0.15, -0.1) is 0 Å². The van der Waals surface area contributed by atoms with Crippen molar-refractivity contribution in [2.24, 2.45) is 0 Å². The highest BCUT2D eigenvalue weighted by Gasteiger charge is 2.28. The van der Waals surface area contributed by atoms with Gasteiger partial charge in [-0.25, -0.2) is 0 Å². The number of aromatic amines is 1. The van der Waals surface area contributed by atoms with E-state index in [0.29, 0.717) is 5.92 Å². The third-order valence-corrected chi connectivity index (χ3v) is 7.13. The molecule has 1 aliphatic heterocycles. The monoisotopic (exact) mass is 441 g/mol. The Morgan fingerprint density at radius 2 is 1.82 bits per heavy atom. The fourth-order valence-corrected chi connectivity index (χ4v) is 5.18. The van der Waals surface area contributed by atoms with Gasteiger partial charge in [0.2, 0.25) is 0 Å². The predicted molar refractivity (Wildman–Crippen MR) is 132 cm³/mol. The maximum atomic E-state index is 13.4. The number of aryl methyl sites for hydroxylation is 1. The van der Waals surface area contributed by atoms with Gasteiger partial charge in [-0.2, -0.15) is 0 Å². The molecule has 2 aromatic heterocycles. The third-order valence-electron chi connectivity index (χ3n) is 7.13. The number of carbonyl (C=O) groups is 1. The minimum absolute atomic E-state index is 0.154. The number of aromatic nitrogens is 2. The van der Waals surface area contributed by atoms with Crippen molar-refractivity contribution in [3.05, 3.63) is 88.9 Å². The van der Waals surface area contributed by atoms with Crippen LogP contribution in [-0.2, 0) is 6.54 Å². The van der Waals surface area contributed by atoms with Crippen LogP contribution < -0.4 is 4.74 Å². The first-order chi connectivity index (χ1) is 16.0. The molecule has 1 saturated heterocycles. The molecule has 33 heavy (non-hydrogen) atoms. The summed E-state index contributed by atoms with van der Waals surface area (Å²) in [6.07, 6.45) is 4.07. The van der Waals surface area contributed by atoms with Crippen LogP contribution >= 0.6 is 0 Å². The van der Waals surface area contributed by atoms with Crippen LogP contribution in [0.25, 0.3) is 10.9 Å². The van der Waals surface area contributed by atoms with E-state index in [2.05, 4.69) is 72.1 Å². The smallest absolute Gasteiger partial charge is 0.255 e. The minimum Gasteiger partial charge on any atom is -0.497 e. The molecule has 0 saturated carbocycles. The number of amides is 1. The summed E-state index contributed by atoms with van der Waals surface area (Å²) in [7, 11) is 1.70. The van der Waals surface area contributed by atoms with E-state index in [1.807, 2.05) is 17.0 Å². The number of ether oxygens (including phenoxy) is 1. The van der Waals surface area contributed by atoms with E-state index in [1.165, 1.54) is 16.5 Å². The Bertz CT molecular complexity index is 1280. The number of carbonyl (C=O) groups excluding carboxylic acids is 1. The first-order valence-corrected chi connectivity index (χ1v) is 11.7. The van der Waals surface area contributed by atoms with Crippen LogP contribution in [0, 0.1) is 13.8 Å². The summed E-state index contributed by atoms with van der Waals surface area (Å²) < 4.78 is 7.67. The summed E-state index contributed by atoms with van der Waals surface area (Å²) in [6, 6.07) is 18.6. The molecule has 0 unspecified atom stereocenters. The molecule has 4 aromatic rings. The number of piperidine rings is 1. The normalized spacial score (nSPS) is 14.7. The number of hydrogen-bond donors (Lipinski definition) is 1. The van der Waals surface area contributed by atoms with Gasteiger partial charge in [0.15, 0.2) is 0 Å².